The number of piperazine rings is 1. The highest BCUT2D eigenvalue weighted by atomic mass is 32.1. The Labute approximate surface area is 183 Å². The summed E-state index contributed by atoms with van der Waals surface area (Å²) in [5.41, 5.74) is 0.348. The van der Waals surface area contributed by atoms with E-state index in [4.69, 9.17) is 4.74 Å². The van der Waals surface area contributed by atoms with Crippen LogP contribution in [0.5, 0.6) is 0 Å². The second kappa shape index (κ2) is 10.8. The predicted octanol–water partition coefficient (Wildman–Crippen LogP) is 0.978. The molecule has 166 valence electrons. The fraction of sp³-hybridized carbons (Fsp3) is 0.400. The number of ether oxygens (including phenoxy) is 1. The highest BCUT2D eigenvalue weighted by Crippen LogP contribution is 2.23. The van der Waals surface area contributed by atoms with E-state index in [1.165, 1.54) is 23.6 Å². The molecule has 2 aromatic heterocycles. The van der Waals surface area contributed by atoms with Crippen molar-refractivity contribution in [2.45, 2.75) is 0 Å². The number of nitrogens with zero attached hydrogens (tertiary/aromatic N) is 3. The van der Waals surface area contributed by atoms with Crippen LogP contribution in [0.3, 0.4) is 0 Å². The average molecular weight is 448 g/mol. The number of carboxylic acid groups (broad SMARTS) is 1. The number of anilines is 2. The molecule has 1 fully saturated rings. The number of rotatable bonds is 9. The Morgan fingerprint density at radius 3 is 2.68 bits per heavy atom. The molecule has 3 rings (SSSR count). The number of nitrogens with one attached hydrogen (secondary N) is 2. The molecule has 0 aromatic carbocycles. The lowest BCUT2D eigenvalue weighted by Gasteiger charge is -2.35. The summed E-state index contributed by atoms with van der Waals surface area (Å²) in [4.78, 5) is 44.7. The molecule has 0 saturated carbocycles. The Hall–Kier alpha value is -3.02. The van der Waals surface area contributed by atoms with E-state index in [9.17, 15) is 19.5 Å². The van der Waals surface area contributed by atoms with Crippen LogP contribution in [0.25, 0.3) is 0 Å². The number of pyridine rings is 1. The monoisotopic (exact) mass is 447 g/mol. The molecule has 3 N–H and O–H groups in total. The average Bonchev–Trinajstić information content (AvgIpc) is 3.30. The molecule has 1 aliphatic rings. The van der Waals surface area contributed by atoms with E-state index in [0.29, 0.717) is 55.7 Å². The Balaban J connectivity index is 1.60. The van der Waals surface area contributed by atoms with Gasteiger partial charge in [-0.15, -0.1) is 11.3 Å². The van der Waals surface area contributed by atoms with Gasteiger partial charge in [0.15, 0.2) is 0 Å². The third-order valence-corrected chi connectivity index (χ3v) is 5.64. The van der Waals surface area contributed by atoms with E-state index < -0.39 is 5.97 Å². The summed E-state index contributed by atoms with van der Waals surface area (Å²) >= 11 is 1.30. The maximum absolute atomic E-state index is 12.2. The largest absolute Gasteiger partial charge is 0.478 e. The quantitative estimate of drug-likeness (QED) is 0.486. The maximum atomic E-state index is 12.2. The number of thiophene rings is 1. The van der Waals surface area contributed by atoms with Gasteiger partial charge in [0.05, 0.1) is 29.9 Å². The fourth-order valence-corrected chi connectivity index (χ4v) is 3.82. The summed E-state index contributed by atoms with van der Waals surface area (Å²) in [5.74, 6) is -1.14. The topological polar surface area (TPSA) is 124 Å². The summed E-state index contributed by atoms with van der Waals surface area (Å²) in [6.07, 6.45) is 1.46. The summed E-state index contributed by atoms with van der Waals surface area (Å²) in [7, 11) is 1.58. The highest BCUT2D eigenvalue weighted by Gasteiger charge is 2.24. The van der Waals surface area contributed by atoms with Gasteiger partial charge < -0.3 is 25.4 Å². The number of aromatic nitrogens is 1. The van der Waals surface area contributed by atoms with Crippen molar-refractivity contribution < 1.29 is 24.2 Å². The minimum Gasteiger partial charge on any atom is -0.478 e. The molecule has 11 heteroatoms. The minimum absolute atomic E-state index is 0.0229. The van der Waals surface area contributed by atoms with Crippen molar-refractivity contribution in [1.82, 2.24) is 15.2 Å². The SMILES string of the molecule is COCCNC(=O)CN1CCN(c2ncc(NC(=O)c3cccs3)cc2C(=O)O)CC1. The van der Waals surface area contributed by atoms with Gasteiger partial charge in [0.2, 0.25) is 5.91 Å². The Kier molecular flexibility index (Phi) is 7.93. The first-order valence-corrected chi connectivity index (χ1v) is 10.7. The number of aromatic carboxylic acids is 1. The molecule has 3 heterocycles. The molecule has 0 spiro atoms. The first kappa shape index (κ1) is 22.7. The first-order valence-electron chi connectivity index (χ1n) is 9.79. The maximum Gasteiger partial charge on any atom is 0.339 e. The van der Waals surface area contributed by atoms with Crippen LogP contribution >= 0.6 is 11.3 Å². The van der Waals surface area contributed by atoms with Crippen molar-refractivity contribution in [2.75, 3.05) is 63.2 Å². The zero-order valence-corrected chi connectivity index (χ0v) is 18.0. The summed E-state index contributed by atoms with van der Waals surface area (Å²) in [6, 6.07) is 4.88. The molecule has 2 amide bonds. The first-order chi connectivity index (χ1) is 15.0. The van der Waals surface area contributed by atoms with Crippen LogP contribution in [0.15, 0.2) is 29.8 Å². The van der Waals surface area contributed by atoms with Gasteiger partial charge in [-0.25, -0.2) is 9.78 Å². The second-order valence-corrected chi connectivity index (χ2v) is 7.89. The van der Waals surface area contributed by atoms with Crippen LogP contribution in [-0.2, 0) is 9.53 Å². The molecule has 10 nitrogen and oxygen atoms in total. The number of amides is 2. The number of carbonyl (C=O) groups excluding carboxylic acids is 2. The normalized spacial score (nSPS) is 14.3. The van der Waals surface area contributed by atoms with Crippen LogP contribution in [0, 0.1) is 0 Å². The van der Waals surface area contributed by atoms with E-state index in [1.807, 2.05) is 9.80 Å². The number of methoxy groups -OCH3 is 1. The number of carbonyl (C=O) groups is 3. The van der Waals surface area contributed by atoms with Gasteiger partial charge in [0.25, 0.3) is 5.91 Å². The van der Waals surface area contributed by atoms with Crippen LogP contribution in [0.4, 0.5) is 11.5 Å². The molecule has 2 aromatic rings. The molecule has 1 aliphatic heterocycles. The number of carboxylic acids is 1. The Bertz CT molecular complexity index is 913. The van der Waals surface area contributed by atoms with Crippen LogP contribution in [0.2, 0.25) is 0 Å². The van der Waals surface area contributed by atoms with Crippen molar-refractivity contribution in [2.24, 2.45) is 0 Å². The van der Waals surface area contributed by atoms with Gasteiger partial charge in [-0.2, -0.15) is 0 Å². The van der Waals surface area contributed by atoms with Crippen LogP contribution in [0.1, 0.15) is 20.0 Å². The van der Waals surface area contributed by atoms with Gasteiger partial charge in [-0.05, 0) is 17.5 Å². The van der Waals surface area contributed by atoms with Crippen molar-refractivity contribution >= 4 is 40.6 Å². The molecule has 0 unspecified atom stereocenters. The van der Waals surface area contributed by atoms with E-state index in [1.54, 1.807) is 24.6 Å². The van der Waals surface area contributed by atoms with E-state index in [-0.39, 0.29) is 23.9 Å². The lowest BCUT2D eigenvalue weighted by molar-refractivity contribution is -0.122. The van der Waals surface area contributed by atoms with Gasteiger partial charge >= 0.3 is 5.97 Å². The van der Waals surface area contributed by atoms with Crippen molar-refractivity contribution in [3.63, 3.8) is 0 Å². The van der Waals surface area contributed by atoms with Crippen LogP contribution in [-0.4, -0.2) is 85.8 Å². The molecule has 0 atom stereocenters. The lowest BCUT2D eigenvalue weighted by atomic mass is 10.2. The molecular weight excluding hydrogens is 422 g/mol. The Morgan fingerprint density at radius 2 is 2.03 bits per heavy atom. The minimum atomic E-state index is -1.12. The van der Waals surface area contributed by atoms with Gasteiger partial charge in [0.1, 0.15) is 11.4 Å². The molecule has 1 saturated heterocycles. The number of hydrogen-bond acceptors (Lipinski definition) is 8. The summed E-state index contributed by atoms with van der Waals surface area (Å²) in [6.45, 7) is 3.51. The molecule has 0 aliphatic carbocycles. The summed E-state index contributed by atoms with van der Waals surface area (Å²) < 4.78 is 4.91. The standard InChI is InChI=1S/C20H25N5O5S/c1-30-9-4-21-17(26)13-24-5-7-25(8-6-24)18-15(20(28)29)11-14(12-22-18)23-19(27)16-3-2-10-31-16/h2-3,10-12H,4-9,13H2,1H3,(H,21,26)(H,23,27)(H,28,29). The highest BCUT2D eigenvalue weighted by molar-refractivity contribution is 7.12. The lowest BCUT2D eigenvalue weighted by Crippen LogP contribution is -2.50. The van der Waals surface area contributed by atoms with E-state index in [0.717, 1.165) is 0 Å². The third-order valence-electron chi connectivity index (χ3n) is 4.77. The van der Waals surface area contributed by atoms with Gasteiger partial charge in [-0.1, -0.05) is 6.07 Å². The molecule has 0 radical (unpaired) electrons. The predicted molar refractivity (Wildman–Crippen MR) is 117 cm³/mol. The number of hydrogen-bond donors (Lipinski definition) is 3. The van der Waals surface area contributed by atoms with Crippen molar-refractivity contribution in [3.05, 3.63) is 40.2 Å². The smallest absolute Gasteiger partial charge is 0.339 e. The zero-order valence-electron chi connectivity index (χ0n) is 17.2. The van der Waals surface area contributed by atoms with Crippen molar-refractivity contribution in [3.8, 4) is 0 Å². The van der Waals surface area contributed by atoms with Gasteiger partial charge in [-0.3, -0.25) is 14.5 Å². The van der Waals surface area contributed by atoms with Crippen LogP contribution < -0.4 is 15.5 Å². The Morgan fingerprint density at radius 1 is 1.26 bits per heavy atom. The van der Waals surface area contributed by atoms with E-state index in [2.05, 4.69) is 15.6 Å². The second-order valence-electron chi connectivity index (χ2n) is 6.94. The molecular formula is C20H25N5O5S. The third kappa shape index (κ3) is 6.23. The zero-order chi connectivity index (χ0) is 22.2. The summed E-state index contributed by atoms with van der Waals surface area (Å²) in [5, 5.41) is 16.9. The fourth-order valence-electron chi connectivity index (χ4n) is 3.21. The molecule has 0 bridgehead atoms. The van der Waals surface area contributed by atoms with Gasteiger partial charge in [0, 0.05) is 39.8 Å². The van der Waals surface area contributed by atoms with E-state index >= 15 is 0 Å². The molecule has 31 heavy (non-hydrogen) atoms. The van der Waals surface area contributed by atoms with Crippen molar-refractivity contribution in [1.29, 1.82) is 0 Å².